The second-order valence-electron chi connectivity index (χ2n) is 10.9. The van der Waals surface area contributed by atoms with Gasteiger partial charge in [-0.3, -0.25) is 19.5 Å². The Morgan fingerprint density at radius 2 is 1.68 bits per heavy atom. The third-order valence-electron chi connectivity index (χ3n) is 7.99. The maximum absolute atomic E-state index is 13.2. The molecule has 1 atom stereocenters. The molecule has 0 aliphatic carbocycles. The van der Waals surface area contributed by atoms with Crippen LogP contribution in [-0.4, -0.2) is 65.9 Å². The van der Waals surface area contributed by atoms with E-state index in [1.54, 1.807) is 19.2 Å². The van der Waals surface area contributed by atoms with E-state index in [0.717, 1.165) is 56.8 Å². The average Bonchev–Trinajstić information content (AvgIpc) is 3.02. The largest absolute Gasteiger partial charge is 0.497 e. The Morgan fingerprint density at radius 1 is 0.951 bits per heavy atom. The minimum absolute atomic E-state index is 0.0282. The number of nitriles is 1. The predicted molar refractivity (Wildman–Crippen MR) is 155 cm³/mol. The molecule has 0 radical (unpaired) electrons. The fourth-order valence-corrected chi connectivity index (χ4v) is 5.59. The van der Waals surface area contributed by atoms with E-state index in [-0.39, 0.29) is 17.8 Å². The van der Waals surface area contributed by atoms with Crippen LogP contribution in [0.4, 0.5) is 0 Å². The molecule has 3 aromatic rings. The van der Waals surface area contributed by atoms with Crippen LogP contribution >= 0.6 is 0 Å². The predicted octanol–water partition coefficient (Wildman–Crippen LogP) is 5.13. The SMILES string of the molecule is COc1ccc(OC2CCCN(C(=O)c3ccc(C(=O)CC4CCN(Cc5ccc(C#N)cc5)CC4)nc3)C2)cc1. The number of hydrogen-bond donors (Lipinski definition) is 0. The summed E-state index contributed by atoms with van der Waals surface area (Å²) in [5.41, 5.74) is 2.78. The van der Waals surface area contributed by atoms with Crippen LogP contribution < -0.4 is 9.47 Å². The second kappa shape index (κ2) is 13.4. The van der Waals surface area contributed by atoms with E-state index in [1.807, 2.05) is 53.4 Å². The first kappa shape index (κ1) is 28.3. The van der Waals surface area contributed by atoms with E-state index >= 15 is 0 Å². The van der Waals surface area contributed by atoms with Gasteiger partial charge in [-0.1, -0.05) is 12.1 Å². The summed E-state index contributed by atoms with van der Waals surface area (Å²) in [6.45, 7) is 3.92. The molecule has 2 aliphatic rings. The number of carbonyl (C=O) groups excluding carboxylic acids is 2. The molecule has 41 heavy (non-hydrogen) atoms. The van der Waals surface area contributed by atoms with Crippen molar-refractivity contribution in [2.75, 3.05) is 33.3 Å². The summed E-state index contributed by atoms with van der Waals surface area (Å²) in [5, 5.41) is 8.97. The second-order valence-corrected chi connectivity index (χ2v) is 10.9. The molecule has 8 heteroatoms. The lowest BCUT2D eigenvalue weighted by molar-refractivity contribution is 0.0537. The Kier molecular flexibility index (Phi) is 9.27. The van der Waals surface area contributed by atoms with E-state index in [1.165, 1.54) is 11.8 Å². The normalized spacial score (nSPS) is 18.0. The van der Waals surface area contributed by atoms with Crippen LogP contribution in [0.25, 0.3) is 0 Å². The van der Waals surface area contributed by atoms with Crippen LogP contribution in [-0.2, 0) is 6.54 Å². The molecule has 2 aliphatic heterocycles. The molecular weight excluding hydrogens is 516 g/mol. The van der Waals surface area contributed by atoms with Crippen molar-refractivity contribution >= 4 is 11.7 Å². The van der Waals surface area contributed by atoms with Gasteiger partial charge in [0.05, 0.1) is 30.9 Å². The number of methoxy groups -OCH3 is 1. The summed E-state index contributed by atoms with van der Waals surface area (Å²) >= 11 is 0. The van der Waals surface area contributed by atoms with Crippen molar-refractivity contribution in [3.8, 4) is 17.6 Å². The standard InChI is InChI=1S/C33H36N4O4/c1-40-28-9-11-29(12-10-28)41-30-3-2-16-37(23-30)33(39)27-8-13-31(35-21-27)32(38)19-24-14-17-36(18-15-24)22-26-6-4-25(20-34)5-7-26/h4-13,21,24,30H,2-3,14-19,22-23H2,1H3. The van der Waals surface area contributed by atoms with E-state index < -0.39 is 0 Å². The number of aromatic nitrogens is 1. The smallest absolute Gasteiger partial charge is 0.255 e. The summed E-state index contributed by atoms with van der Waals surface area (Å²) < 4.78 is 11.3. The third-order valence-corrected chi connectivity index (χ3v) is 7.99. The molecule has 1 aromatic heterocycles. The molecule has 0 spiro atoms. The summed E-state index contributed by atoms with van der Waals surface area (Å²) in [6.07, 6.45) is 5.61. The number of Topliss-reactive ketones (excluding diaryl/α,β-unsaturated/α-hetero) is 1. The number of amides is 1. The summed E-state index contributed by atoms with van der Waals surface area (Å²) in [7, 11) is 1.63. The van der Waals surface area contributed by atoms with Crippen LogP contribution in [0.3, 0.4) is 0 Å². The van der Waals surface area contributed by atoms with Gasteiger partial charge in [0.2, 0.25) is 0 Å². The van der Waals surface area contributed by atoms with Gasteiger partial charge in [0.25, 0.3) is 5.91 Å². The number of nitrogens with zero attached hydrogens (tertiary/aromatic N) is 4. The van der Waals surface area contributed by atoms with Crippen LogP contribution in [0.15, 0.2) is 66.9 Å². The topological polar surface area (TPSA) is 95.8 Å². The van der Waals surface area contributed by atoms with Gasteiger partial charge in [-0.2, -0.15) is 5.26 Å². The van der Waals surface area contributed by atoms with E-state index in [9.17, 15) is 9.59 Å². The van der Waals surface area contributed by atoms with E-state index in [0.29, 0.717) is 42.2 Å². The van der Waals surface area contributed by atoms with Crippen molar-refractivity contribution in [3.05, 3.63) is 89.2 Å². The number of benzene rings is 2. The van der Waals surface area contributed by atoms with Crippen molar-refractivity contribution in [1.82, 2.24) is 14.8 Å². The number of pyridine rings is 1. The van der Waals surface area contributed by atoms with Crippen LogP contribution in [0.2, 0.25) is 0 Å². The van der Waals surface area contributed by atoms with Crippen molar-refractivity contribution in [2.45, 2.75) is 44.8 Å². The Labute approximate surface area is 241 Å². The highest BCUT2D eigenvalue weighted by atomic mass is 16.5. The van der Waals surface area contributed by atoms with Gasteiger partial charge < -0.3 is 14.4 Å². The first-order valence-electron chi connectivity index (χ1n) is 14.3. The molecule has 0 bridgehead atoms. The van der Waals surface area contributed by atoms with E-state index in [4.69, 9.17) is 14.7 Å². The highest BCUT2D eigenvalue weighted by molar-refractivity contribution is 5.97. The molecular formula is C33H36N4O4. The monoisotopic (exact) mass is 552 g/mol. The number of likely N-dealkylation sites (tertiary alicyclic amines) is 2. The molecule has 0 saturated carbocycles. The van der Waals surface area contributed by atoms with Crippen molar-refractivity contribution in [1.29, 1.82) is 5.26 Å². The average molecular weight is 553 g/mol. The quantitative estimate of drug-likeness (QED) is 0.340. The maximum Gasteiger partial charge on any atom is 0.255 e. The van der Waals surface area contributed by atoms with Crippen LogP contribution in [0.5, 0.6) is 11.5 Å². The first-order valence-corrected chi connectivity index (χ1v) is 14.3. The van der Waals surface area contributed by atoms with Crippen molar-refractivity contribution in [2.24, 2.45) is 5.92 Å². The Balaban J connectivity index is 1.08. The third kappa shape index (κ3) is 7.50. The fraction of sp³-hybridized carbons (Fsp3) is 0.394. The Hall–Kier alpha value is -4.22. The molecule has 2 fully saturated rings. The molecule has 212 valence electrons. The molecule has 2 aromatic carbocycles. The highest BCUT2D eigenvalue weighted by Crippen LogP contribution is 2.25. The molecule has 8 nitrogen and oxygen atoms in total. The lowest BCUT2D eigenvalue weighted by Crippen LogP contribution is -2.44. The molecule has 3 heterocycles. The molecule has 2 saturated heterocycles. The van der Waals surface area contributed by atoms with Gasteiger partial charge in [-0.15, -0.1) is 0 Å². The van der Waals surface area contributed by atoms with Crippen molar-refractivity contribution < 1.29 is 19.1 Å². The summed E-state index contributed by atoms with van der Waals surface area (Å²) in [4.78, 5) is 34.7. The highest BCUT2D eigenvalue weighted by Gasteiger charge is 2.27. The van der Waals surface area contributed by atoms with Crippen LogP contribution in [0, 0.1) is 17.2 Å². The Morgan fingerprint density at radius 3 is 2.34 bits per heavy atom. The number of ether oxygens (including phenoxy) is 2. The van der Waals surface area contributed by atoms with Gasteiger partial charge in [-0.25, -0.2) is 0 Å². The maximum atomic E-state index is 13.2. The number of rotatable bonds is 9. The minimum atomic E-state index is -0.0887. The molecule has 0 N–H and O–H groups in total. The van der Waals surface area contributed by atoms with Gasteiger partial charge in [0.15, 0.2) is 5.78 Å². The summed E-state index contributed by atoms with van der Waals surface area (Å²) in [5.74, 6) is 1.80. The lowest BCUT2D eigenvalue weighted by atomic mass is 9.90. The number of carbonyl (C=O) groups is 2. The number of ketones is 1. The Bertz CT molecular complexity index is 1360. The zero-order valence-corrected chi connectivity index (χ0v) is 23.5. The zero-order valence-electron chi connectivity index (χ0n) is 23.5. The molecule has 1 amide bonds. The van der Waals surface area contributed by atoms with Crippen molar-refractivity contribution in [3.63, 3.8) is 0 Å². The molecule has 5 rings (SSSR count). The van der Waals surface area contributed by atoms with Gasteiger partial charge >= 0.3 is 0 Å². The first-order chi connectivity index (χ1) is 20.0. The van der Waals surface area contributed by atoms with Gasteiger partial charge in [0.1, 0.15) is 23.3 Å². The zero-order chi connectivity index (χ0) is 28.6. The number of hydrogen-bond acceptors (Lipinski definition) is 7. The fourth-order valence-electron chi connectivity index (χ4n) is 5.59. The summed E-state index contributed by atoms with van der Waals surface area (Å²) in [6, 6.07) is 20.8. The lowest BCUT2D eigenvalue weighted by Gasteiger charge is -2.33. The number of piperidine rings is 2. The van der Waals surface area contributed by atoms with E-state index in [2.05, 4.69) is 16.0 Å². The molecule has 1 unspecified atom stereocenters. The minimum Gasteiger partial charge on any atom is -0.497 e. The van der Waals surface area contributed by atoms with Crippen LogP contribution in [0.1, 0.15) is 64.1 Å². The van der Waals surface area contributed by atoms with Gasteiger partial charge in [0, 0.05) is 25.7 Å². The van der Waals surface area contributed by atoms with Gasteiger partial charge in [-0.05, 0) is 98.8 Å².